The Morgan fingerprint density at radius 1 is 1.11 bits per heavy atom. The number of aromatic nitrogens is 1. The van der Waals surface area contributed by atoms with Crippen LogP contribution in [-0.2, 0) is 0 Å². The average Bonchev–Trinajstić information content (AvgIpc) is 2.65. The molecule has 0 saturated heterocycles. The third kappa shape index (κ3) is 4.54. The molecule has 3 rings (SSSR count). The summed E-state index contributed by atoms with van der Waals surface area (Å²) in [6.45, 7) is 1.93. The molecule has 0 fully saturated rings. The molecule has 0 aliphatic heterocycles. The van der Waals surface area contributed by atoms with Crippen molar-refractivity contribution >= 4 is 34.6 Å². The Morgan fingerprint density at radius 3 is 2.67 bits per heavy atom. The van der Waals surface area contributed by atoms with Crippen molar-refractivity contribution in [2.75, 3.05) is 17.7 Å². The first-order valence-corrected chi connectivity index (χ1v) is 8.47. The molecule has 0 bridgehead atoms. The summed E-state index contributed by atoms with van der Waals surface area (Å²) in [5.41, 5.74) is 3.08. The molecule has 138 valence electrons. The van der Waals surface area contributed by atoms with Gasteiger partial charge in [-0.15, -0.1) is 0 Å². The summed E-state index contributed by atoms with van der Waals surface area (Å²) in [6.07, 6.45) is 3.02. The highest BCUT2D eigenvalue weighted by Crippen LogP contribution is 2.26. The maximum Gasteiger partial charge on any atom is 0.257 e. The van der Waals surface area contributed by atoms with E-state index in [4.69, 9.17) is 16.3 Å². The van der Waals surface area contributed by atoms with Crippen molar-refractivity contribution in [3.63, 3.8) is 0 Å². The Kier molecular flexibility index (Phi) is 5.57. The Morgan fingerprint density at radius 2 is 1.93 bits per heavy atom. The van der Waals surface area contributed by atoms with E-state index in [1.165, 1.54) is 18.3 Å². The summed E-state index contributed by atoms with van der Waals surface area (Å²) in [6, 6.07) is 11.4. The standard InChI is InChI=1S/C20H17ClFN3O2/c1-12-3-6-19(27-2)18(7-12)25-20(26)13-8-15(11-23-10-13)24-14-4-5-17(22)16(21)9-14/h3-11,24H,1-2H3,(H,25,26). The normalized spacial score (nSPS) is 10.4. The number of amides is 1. The second kappa shape index (κ2) is 8.05. The fourth-order valence-corrected chi connectivity index (χ4v) is 2.67. The van der Waals surface area contributed by atoms with Gasteiger partial charge in [0.1, 0.15) is 11.6 Å². The van der Waals surface area contributed by atoms with E-state index in [0.717, 1.165) is 5.56 Å². The third-order valence-electron chi connectivity index (χ3n) is 3.81. The Bertz CT molecular complexity index is 995. The van der Waals surface area contributed by atoms with Crippen LogP contribution in [-0.4, -0.2) is 18.0 Å². The van der Waals surface area contributed by atoms with Gasteiger partial charge in [-0.1, -0.05) is 17.7 Å². The zero-order valence-electron chi connectivity index (χ0n) is 14.7. The highest BCUT2D eigenvalue weighted by Gasteiger charge is 2.11. The number of halogens is 2. The molecule has 0 aliphatic carbocycles. The fraction of sp³-hybridized carbons (Fsp3) is 0.100. The van der Waals surface area contributed by atoms with Crippen LogP contribution in [0.4, 0.5) is 21.5 Å². The molecule has 5 nitrogen and oxygen atoms in total. The number of rotatable bonds is 5. The molecular formula is C20H17ClFN3O2. The maximum atomic E-state index is 13.3. The van der Waals surface area contributed by atoms with Gasteiger partial charge in [-0.05, 0) is 48.9 Å². The molecule has 0 unspecified atom stereocenters. The van der Waals surface area contributed by atoms with E-state index in [9.17, 15) is 9.18 Å². The first kappa shape index (κ1) is 18.7. The van der Waals surface area contributed by atoms with E-state index >= 15 is 0 Å². The van der Waals surface area contributed by atoms with E-state index in [0.29, 0.717) is 28.4 Å². The monoisotopic (exact) mass is 385 g/mol. The van der Waals surface area contributed by atoms with Crippen LogP contribution in [0, 0.1) is 12.7 Å². The number of nitrogens with one attached hydrogen (secondary N) is 2. The number of benzene rings is 2. The SMILES string of the molecule is COc1ccc(C)cc1NC(=O)c1cncc(Nc2ccc(F)c(Cl)c2)c1. The van der Waals surface area contributed by atoms with Gasteiger partial charge in [-0.3, -0.25) is 9.78 Å². The van der Waals surface area contributed by atoms with Crippen LogP contribution in [0.2, 0.25) is 5.02 Å². The number of nitrogens with zero attached hydrogens (tertiary/aromatic N) is 1. The lowest BCUT2D eigenvalue weighted by Gasteiger charge is -2.12. The molecule has 0 atom stereocenters. The molecule has 1 aromatic heterocycles. The average molecular weight is 386 g/mol. The number of hydrogen-bond acceptors (Lipinski definition) is 4. The van der Waals surface area contributed by atoms with Gasteiger partial charge in [0.15, 0.2) is 0 Å². The summed E-state index contributed by atoms with van der Waals surface area (Å²) in [5, 5.41) is 5.88. The third-order valence-corrected chi connectivity index (χ3v) is 4.10. The number of carbonyl (C=O) groups is 1. The van der Waals surface area contributed by atoms with Crippen molar-refractivity contribution in [1.82, 2.24) is 4.98 Å². The van der Waals surface area contributed by atoms with Crippen molar-refractivity contribution in [2.24, 2.45) is 0 Å². The van der Waals surface area contributed by atoms with E-state index in [2.05, 4.69) is 15.6 Å². The van der Waals surface area contributed by atoms with Gasteiger partial charge in [-0.2, -0.15) is 0 Å². The molecule has 3 aromatic rings. The second-order valence-corrected chi connectivity index (χ2v) is 6.28. The predicted octanol–water partition coefficient (Wildman–Crippen LogP) is 5.19. The molecule has 2 aromatic carbocycles. The van der Waals surface area contributed by atoms with Gasteiger partial charge < -0.3 is 15.4 Å². The van der Waals surface area contributed by atoms with Gasteiger partial charge in [0, 0.05) is 11.9 Å². The number of pyridine rings is 1. The highest BCUT2D eigenvalue weighted by atomic mass is 35.5. The molecule has 0 spiro atoms. The Balaban J connectivity index is 1.79. The Hall–Kier alpha value is -3.12. The van der Waals surface area contributed by atoms with E-state index in [-0.39, 0.29) is 10.9 Å². The van der Waals surface area contributed by atoms with Crippen molar-refractivity contribution in [3.05, 3.63) is 76.8 Å². The van der Waals surface area contributed by atoms with Crippen molar-refractivity contribution in [2.45, 2.75) is 6.92 Å². The molecule has 0 saturated carbocycles. The zero-order valence-corrected chi connectivity index (χ0v) is 15.5. The molecule has 7 heteroatoms. The van der Waals surface area contributed by atoms with Crippen LogP contribution in [0.25, 0.3) is 0 Å². The first-order valence-electron chi connectivity index (χ1n) is 8.09. The molecule has 0 aliphatic rings. The van der Waals surface area contributed by atoms with Crippen LogP contribution in [0.5, 0.6) is 5.75 Å². The molecule has 1 heterocycles. The van der Waals surface area contributed by atoms with Crippen LogP contribution >= 0.6 is 11.6 Å². The van der Waals surface area contributed by atoms with Crippen LogP contribution in [0.3, 0.4) is 0 Å². The number of aryl methyl sites for hydroxylation is 1. The predicted molar refractivity (Wildman–Crippen MR) is 105 cm³/mol. The van der Waals surface area contributed by atoms with Crippen LogP contribution < -0.4 is 15.4 Å². The molecule has 2 N–H and O–H groups in total. The fourth-order valence-electron chi connectivity index (χ4n) is 2.49. The number of hydrogen-bond donors (Lipinski definition) is 2. The maximum absolute atomic E-state index is 13.3. The van der Waals surface area contributed by atoms with Crippen molar-refractivity contribution in [1.29, 1.82) is 0 Å². The highest BCUT2D eigenvalue weighted by molar-refractivity contribution is 6.31. The van der Waals surface area contributed by atoms with Gasteiger partial charge in [-0.25, -0.2) is 4.39 Å². The van der Waals surface area contributed by atoms with E-state index in [1.807, 2.05) is 19.1 Å². The number of anilines is 3. The lowest BCUT2D eigenvalue weighted by atomic mass is 10.2. The summed E-state index contributed by atoms with van der Waals surface area (Å²) in [5.74, 6) is -0.259. The molecule has 0 radical (unpaired) electrons. The number of methoxy groups -OCH3 is 1. The van der Waals surface area contributed by atoms with E-state index < -0.39 is 5.82 Å². The minimum atomic E-state index is -0.499. The molecule has 1 amide bonds. The number of ether oxygens (including phenoxy) is 1. The summed E-state index contributed by atoms with van der Waals surface area (Å²) >= 11 is 5.79. The summed E-state index contributed by atoms with van der Waals surface area (Å²) in [4.78, 5) is 16.7. The van der Waals surface area contributed by atoms with E-state index in [1.54, 1.807) is 31.5 Å². The lowest BCUT2D eigenvalue weighted by molar-refractivity contribution is 0.102. The smallest absolute Gasteiger partial charge is 0.257 e. The number of carbonyl (C=O) groups excluding carboxylic acids is 1. The van der Waals surface area contributed by atoms with Gasteiger partial charge in [0.05, 0.1) is 35.3 Å². The van der Waals surface area contributed by atoms with Crippen molar-refractivity contribution in [3.8, 4) is 5.75 Å². The van der Waals surface area contributed by atoms with Gasteiger partial charge in [0.25, 0.3) is 5.91 Å². The minimum absolute atomic E-state index is 0.00778. The van der Waals surface area contributed by atoms with Crippen LogP contribution in [0.15, 0.2) is 54.9 Å². The van der Waals surface area contributed by atoms with Crippen LogP contribution in [0.1, 0.15) is 15.9 Å². The molecule has 27 heavy (non-hydrogen) atoms. The largest absolute Gasteiger partial charge is 0.495 e. The topological polar surface area (TPSA) is 63.2 Å². The first-order chi connectivity index (χ1) is 13.0. The van der Waals surface area contributed by atoms with Gasteiger partial charge in [0.2, 0.25) is 0 Å². The second-order valence-electron chi connectivity index (χ2n) is 5.87. The lowest BCUT2D eigenvalue weighted by Crippen LogP contribution is -2.13. The quantitative estimate of drug-likeness (QED) is 0.634. The summed E-state index contributed by atoms with van der Waals surface area (Å²) in [7, 11) is 1.54. The minimum Gasteiger partial charge on any atom is -0.495 e. The molecular weight excluding hydrogens is 369 g/mol. The Labute approximate surface area is 161 Å². The van der Waals surface area contributed by atoms with Gasteiger partial charge >= 0.3 is 0 Å². The zero-order chi connectivity index (χ0) is 19.4. The summed E-state index contributed by atoms with van der Waals surface area (Å²) < 4.78 is 18.5. The van der Waals surface area contributed by atoms with Crippen molar-refractivity contribution < 1.29 is 13.9 Å².